The van der Waals surface area contributed by atoms with Crippen molar-refractivity contribution in [1.82, 2.24) is 0 Å². The molecule has 4 nitrogen and oxygen atoms in total. The van der Waals surface area contributed by atoms with Gasteiger partial charge in [-0.15, -0.1) is 0 Å². The molecule has 0 aliphatic carbocycles. The van der Waals surface area contributed by atoms with Crippen LogP contribution in [0.3, 0.4) is 0 Å². The van der Waals surface area contributed by atoms with Crippen LogP contribution in [0.1, 0.15) is 15.9 Å². The molecule has 4 N–H and O–H groups in total. The maximum absolute atomic E-state index is 13.3. The Morgan fingerprint density at radius 2 is 2.05 bits per heavy atom. The maximum atomic E-state index is 13.3. The minimum Gasteiger partial charge on any atom is -0.488 e. The second kappa shape index (κ2) is 5.79. The number of rotatable bonds is 4. The van der Waals surface area contributed by atoms with Crippen LogP contribution in [0.4, 0.5) is 10.1 Å². The molecule has 1 amide bonds. The number of carbonyl (C=O) groups is 1. The van der Waals surface area contributed by atoms with Crippen LogP contribution in [-0.2, 0) is 6.61 Å². The Kier molecular flexibility index (Phi) is 4.10. The Hall–Kier alpha value is -2.27. The predicted octanol–water partition coefficient (Wildman–Crippen LogP) is 2.74. The third-order valence-corrected chi connectivity index (χ3v) is 3.11. The molecule has 0 atom stereocenters. The number of benzene rings is 2. The van der Waals surface area contributed by atoms with Crippen molar-refractivity contribution < 1.29 is 13.9 Å². The van der Waals surface area contributed by atoms with Gasteiger partial charge < -0.3 is 16.2 Å². The molecule has 0 unspecified atom stereocenters. The minimum absolute atomic E-state index is 0.000324. The van der Waals surface area contributed by atoms with Crippen LogP contribution in [0.25, 0.3) is 0 Å². The molecular formula is C14H12ClFN2O2. The van der Waals surface area contributed by atoms with E-state index in [1.54, 1.807) is 12.1 Å². The standard InChI is InChI=1S/C14H12ClFN2O2/c15-13-8(2-1-3-11(13)16)7-20-12-6-9(17)4-5-10(12)14(18)19/h1-6H,7,17H2,(H2,18,19). The number of primary amides is 1. The highest BCUT2D eigenvalue weighted by molar-refractivity contribution is 6.31. The number of hydrogen-bond donors (Lipinski definition) is 2. The Balaban J connectivity index is 2.24. The monoisotopic (exact) mass is 294 g/mol. The zero-order chi connectivity index (χ0) is 14.7. The average molecular weight is 295 g/mol. The van der Waals surface area contributed by atoms with E-state index in [9.17, 15) is 9.18 Å². The molecule has 0 radical (unpaired) electrons. The van der Waals surface area contributed by atoms with Gasteiger partial charge in [-0.05, 0) is 18.2 Å². The van der Waals surface area contributed by atoms with Crippen molar-refractivity contribution in [3.63, 3.8) is 0 Å². The summed E-state index contributed by atoms with van der Waals surface area (Å²) in [5.74, 6) is -0.932. The lowest BCUT2D eigenvalue weighted by molar-refractivity contribution is 0.0996. The number of anilines is 1. The molecule has 104 valence electrons. The summed E-state index contributed by atoms with van der Waals surface area (Å²) in [6.07, 6.45) is 0. The molecule has 0 saturated carbocycles. The molecule has 2 aromatic rings. The quantitative estimate of drug-likeness (QED) is 0.851. The second-order valence-electron chi connectivity index (χ2n) is 4.12. The second-order valence-corrected chi connectivity index (χ2v) is 4.50. The van der Waals surface area contributed by atoms with Gasteiger partial charge in [-0.25, -0.2) is 4.39 Å². The molecule has 6 heteroatoms. The summed E-state index contributed by atoms with van der Waals surface area (Å²) in [6.45, 7) is 0.000324. The molecule has 0 saturated heterocycles. The zero-order valence-electron chi connectivity index (χ0n) is 10.4. The molecule has 2 aromatic carbocycles. The van der Waals surface area contributed by atoms with E-state index in [0.717, 1.165) is 0 Å². The van der Waals surface area contributed by atoms with Gasteiger partial charge >= 0.3 is 0 Å². The summed E-state index contributed by atoms with van der Waals surface area (Å²) in [6, 6.07) is 8.90. The van der Waals surface area contributed by atoms with E-state index in [1.807, 2.05) is 0 Å². The number of ether oxygens (including phenoxy) is 1. The summed E-state index contributed by atoms with van der Waals surface area (Å²) < 4.78 is 18.8. The number of amides is 1. The number of nitrogens with two attached hydrogens (primary N) is 2. The number of carbonyl (C=O) groups excluding carboxylic acids is 1. The van der Waals surface area contributed by atoms with Crippen LogP contribution in [0, 0.1) is 5.82 Å². The first-order valence-corrected chi connectivity index (χ1v) is 6.12. The zero-order valence-corrected chi connectivity index (χ0v) is 11.2. The summed E-state index contributed by atoms with van der Waals surface area (Å²) in [5, 5.41) is -0.0166. The molecule has 0 heterocycles. The van der Waals surface area contributed by atoms with Gasteiger partial charge in [-0.3, -0.25) is 4.79 Å². The van der Waals surface area contributed by atoms with E-state index in [0.29, 0.717) is 11.3 Å². The van der Waals surface area contributed by atoms with E-state index < -0.39 is 11.7 Å². The van der Waals surface area contributed by atoms with E-state index in [1.165, 1.54) is 24.3 Å². The van der Waals surface area contributed by atoms with E-state index >= 15 is 0 Å². The molecular weight excluding hydrogens is 283 g/mol. The minimum atomic E-state index is -0.634. The number of halogens is 2. The molecule has 0 spiro atoms. The molecule has 2 rings (SSSR count). The van der Waals surface area contributed by atoms with Crippen molar-refractivity contribution in [3.05, 3.63) is 58.4 Å². The molecule has 20 heavy (non-hydrogen) atoms. The fraction of sp³-hybridized carbons (Fsp3) is 0.0714. The SMILES string of the molecule is NC(=O)c1ccc(N)cc1OCc1cccc(F)c1Cl. The van der Waals surface area contributed by atoms with Crippen LogP contribution >= 0.6 is 11.6 Å². The topological polar surface area (TPSA) is 78.3 Å². The number of nitrogen functional groups attached to an aromatic ring is 1. The van der Waals surface area contributed by atoms with Crippen molar-refractivity contribution in [2.24, 2.45) is 5.73 Å². The van der Waals surface area contributed by atoms with Gasteiger partial charge in [0, 0.05) is 17.3 Å². The first-order chi connectivity index (χ1) is 9.49. The lowest BCUT2D eigenvalue weighted by Crippen LogP contribution is -2.13. The van der Waals surface area contributed by atoms with Crippen LogP contribution in [0.2, 0.25) is 5.02 Å². The van der Waals surface area contributed by atoms with Crippen molar-refractivity contribution in [1.29, 1.82) is 0 Å². The third kappa shape index (κ3) is 3.00. The molecule has 0 aliphatic heterocycles. The Morgan fingerprint density at radius 1 is 1.30 bits per heavy atom. The number of hydrogen-bond acceptors (Lipinski definition) is 3. The first-order valence-electron chi connectivity index (χ1n) is 5.74. The van der Waals surface area contributed by atoms with Crippen LogP contribution < -0.4 is 16.2 Å². The van der Waals surface area contributed by atoms with Gasteiger partial charge in [-0.1, -0.05) is 23.7 Å². The molecule has 0 aromatic heterocycles. The summed E-state index contributed by atoms with van der Waals surface area (Å²) >= 11 is 5.82. The highest BCUT2D eigenvalue weighted by Crippen LogP contribution is 2.25. The summed E-state index contributed by atoms with van der Waals surface area (Å²) in [5.41, 5.74) is 12.0. The van der Waals surface area contributed by atoms with Crippen molar-refractivity contribution in [3.8, 4) is 5.75 Å². The lowest BCUT2D eigenvalue weighted by atomic mass is 10.1. The smallest absolute Gasteiger partial charge is 0.252 e. The van der Waals surface area contributed by atoms with Crippen molar-refractivity contribution in [2.45, 2.75) is 6.61 Å². The fourth-order valence-electron chi connectivity index (χ4n) is 1.68. The first kappa shape index (κ1) is 14.1. The summed E-state index contributed by atoms with van der Waals surface area (Å²) in [4.78, 5) is 11.3. The third-order valence-electron chi connectivity index (χ3n) is 2.69. The lowest BCUT2D eigenvalue weighted by Gasteiger charge is -2.11. The predicted molar refractivity (Wildman–Crippen MR) is 75.1 cm³/mol. The normalized spacial score (nSPS) is 10.3. The fourth-order valence-corrected chi connectivity index (χ4v) is 1.86. The highest BCUT2D eigenvalue weighted by atomic mass is 35.5. The largest absolute Gasteiger partial charge is 0.488 e. The van der Waals surface area contributed by atoms with E-state index in [-0.39, 0.29) is 22.9 Å². The highest BCUT2D eigenvalue weighted by Gasteiger charge is 2.12. The van der Waals surface area contributed by atoms with Crippen molar-refractivity contribution in [2.75, 3.05) is 5.73 Å². The molecule has 0 bridgehead atoms. The van der Waals surface area contributed by atoms with Gasteiger partial charge in [0.25, 0.3) is 5.91 Å². The Labute approximate surface area is 120 Å². The average Bonchev–Trinajstić information content (AvgIpc) is 2.40. The molecule has 0 fully saturated rings. The Morgan fingerprint density at radius 3 is 2.75 bits per heavy atom. The van der Waals surface area contributed by atoms with Gasteiger partial charge in [0.2, 0.25) is 0 Å². The van der Waals surface area contributed by atoms with Crippen LogP contribution in [0.15, 0.2) is 36.4 Å². The van der Waals surface area contributed by atoms with Crippen molar-refractivity contribution >= 4 is 23.2 Å². The van der Waals surface area contributed by atoms with Crippen LogP contribution in [0.5, 0.6) is 5.75 Å². The Bertz CT molecular complexity index is 662. The van der Waals surface area contributed by atoms with Gasteiger partial charge in [0.05, 0.1) is 10.6 Å². The van der Waals surface area contributed by atoms with Gasteiger partial charge in [-0.2, -0.15) is 0 Å². The molecule has 0 aliphatic rings. The van der Waals surface area contributed by atoms with E-state index in [4.69, 9.17) is 27.8 Å². The summed E-state index contributed by atoms with van der Waals surface area (Å²) in [7, 11) is 0. The van der Waals surface area contributed by atoms with Gasteiger partial charge in [0.15, 0.2) is 0 Å². The van der Waals surface area contributed by atoms with Gasteiger partial charge in [0.1, 0.15) is 18.2 Å². The van der Waals surface area contributed by atoms with Crippen LogP contribution in [-0.4, -0.2) is 5.91 Å². The van der Waals surface area contributed by atoms with E-state index in [2.05, 4.69) is 0 Å². The maximum Gasteiger partial charge on any atom is 0.252 e.